The number of halogens is 1. The van der Waals surface area contributed by atoms with Crippen LogP contribution in [-0.4, -0.2) is 23.1 Å². The van der Waals surface area contributed by atoms with E-state index in [1.54, 1.807) is 0 Å². The van der Waals surface area contributed by atoms with Gasteiger partial charge >= 0.3 is 0 Å². The predicted octanol–water partition coefficient (Wildman–Crippen LogP) is 4.58. The van der Waals surface area contributed by atoms with E-state index in [1.807, 2.05) is 43.5 Å². The molecule has 3 heterocycles. The lowest BCUT2D eigenvalue weighted by Crippen LogP contribution is -2.10. The number of anilines is 1. The number of aromatic nitrogens is 2. The number of benzene rings is 1. The number of nitrogens with one attached hydrogen (secondary N) is 2. The van der Waals surface area contributed by atoms with E-state index in [9.17, 15) is 4.39 Å². The van der Waals surface area contributed by atoms with E-state index in [-0.39, 0.29) is 0 Å². The molecule has 5 heteroatoms. The summed E-state index contributed by atoms with van der Waals surface area (Å²) in [5.41, 5.74) is 4.98. The molecule has 4 nitrogen and oxygen atoms in total. The summed E-state index contributed by atoms with van der Waals surface area (Å²) in [6.07, 6.45) is 5.56. The third kappa shape index (κ3) is 2.89. The summed E-state index contributed by atoms with van der Waals surface area (Å²) in [7, 11) is 0. The Kier molecular flexibility index (Phi) is 3.98. The number of aromatic amines is 1. The van der Waals surface area contributed by atoms with Crippen LogP contribution in [-0.2, 0) is 0 Å². The van der Waals surface area contributed by atoms with Crippen LogP contribution in [0.4, 0.5) is 10.2 Å². The first-order valence-electron chi connectivity index (χ1n) is 8.26. The zero-order valence-electron chi connectivity index (χ0n) is 13.8. The van der Waals surface area contributed by atoms with Crippen molar-refractivity contribution in [2.24, 2.45) is 0 Å². The van der Waals surface area contributed by atoms with Gasteiger partial charge in [0.25, 0.3) is 0 Å². The van der Waals surface area contributed by atoms with Gasteiger partial charge in [0.1, 0.15) is 11.6 Å². The van der Waals surface area contributed by atoms with Crippen LogP contribution in [0, 0.1) is 5.95 Å². The van der Waals surface area contributed by atoms with Crippen LogP contribution in [0.2, 0.25) is 0 Å². The molecule has 0 atom stereocenters. The van der Waals surface area contributed by atoms with E-state index < -0.39 is 5.95 Å². The van der Waals surface area contributed by atoms with Crippen molar-refractivity contribution in [1.82, 2.24) is 9.97 Å². The molecule has 0 saturated heterocycles. The Morgan fingerprint density at radius 1 is 1.20 bits per heavy atom. The molecular weight excluding hydrogens is 317 g/mol. The fraction of sp³-hybridized carbons (Fsp3) is 0.150. The molecule has 0 radical (unpaired) electrons. The van der Waals surface area contributed by atoms with Crippen molar-refractivity contribution in [3.05, 3.63) is 65.9 Å². The quantitative estimate of drug-likeness (QED) is 0.686. The number of rotatable bonds is 4. The number of nitrogens with zero attached hydrogens (tertiary/aromatic N) is 1. The number of hydrogen-bond donors (Lipinski definition) is 2. The molecule has 126 valence electrons. The van der Waals surface area contributed by atoms with Crippen LogP contribution in [0.15, 0.2) is 48.8 Å². The number of para-hydroxylation sites is 1. The second-order valence-corrected chi connectivity index (χ2v) is 5.81. The molecule has 0 aliphatic carbocycles. The Bertz CT molecular complexity index is 946. The van der Waals surface area contributed by atoms with Gasteiger partial charge in [-0.2, -0.15) is 4.39 Å². The summed E-state index contributed by atoms with van der Waals surface area (Å²) in [4.78, 5) is 6.91. The Labute approximate surface area is 145 Å². The number of ether oxygens (including phenoxy) is 1. The fourth-order valence-electron chi connectivity index (χ4n) is 3.12. The Morgan fingerprint density at radius 3 is 2.92 bits per heavy atom. The second kappa shape index (κ2) is 6.43. The van der Waals surface area contributed by atoms with Gasteiger partial charge in [0.05, 0.1) is 6.61 Å². The predicted molar refractivity (Wildman–Crippen MR) is 98.0 cm³/mol. The van der Waals surface area contributed by atoms with Crippen LogP contribution in [0.25, 0.3) is 22.8 Å². The smallest absolute Gasteiger partial charge is 0.213 e. The van der Waals surface area contributed by atoms with Gasteiger partial charge in [-0.3, -0.25) is 0 Å². The van der Waals surface area contributed by atoms with Gasteiger partial charge < -0.3 is 15.0 Å². The maximum atomic E-state index is 13.5. The third-order valence-corrected chi connectivity index (χ3v) is 4.27. The molecular formula is C20H18FN3O. The Morgan fingerprint density at radius 2 is 2.08 bits per heavy atom. The molecule has 1 aromatic carbocycles. The van der Waals surface area contributed by atoms with E-state index >= 15 is 0 Å². The average molecular weight is 335 g/mol. The number of pyridine rings is 1. The van der Waals surface area contributed by atoms with Crippen LogP contribution >= 0.6 is 0 Å². The highest BCUT2D eigenvalue weighted by Crippen LogP contribution is 2.39. The lowest BCUT2D eigenvalue weighted by Gasteiger charge is -2.17. The van der Waals surface area contributed by atoms with E-state index in [0.29, 0.717) is 13.2 Å². The third-order valence-electron chi connectivity index (χ3n) is 4.27. The highest BCUT2D eigenvalue weighted by Gasteiger charge is 2.19. The standard InChI is InChI=1S/C20H18FN3O/c1-2-25-18-6-4-3-5-15(18)17-12-24-20-16(17)9-14(11-23-20)13-7-8-22-19(21)10-13/h3-10,12,23-24H,2,11H2,1H3. The first-order chi connectivity index (χ1) is 12.3. The molecule has 25 heavy (non-hydrogen) atoms. The maximum Gasteiger partial charge on any atom is 0.213 e. The first-order valence-corrected chi connectivity index (χ1v) is 8.26. The van der Waals surface area contributed by atoms with Crippen LogP contribution in [0.1, 0.15) is 18.1 Å². The molecule has 0 saturated carbocycles. The lowest BCUT2D eigenvalue weighted by atomic mass is 9.96. The molecule has 0 unspecified atom stereocenters. The summed E-state index contributed by atoms with van der Waals surface area (Å²) in [6.45, 7) is 3.21. The monoisotopic (exact) mass is 335 g/mol. The minimum atomic E-state index is -0.472. The molecule has 0 spiro atoms. The summed E-state index contributed by atoms with van der Waals surface area (Å²) in [5.74, 6) is 1.34. The molecule has 4 rings (SSSR count). The van der Waals surface area contributed by atoms with E-state index in [2.05, 4.69) is 21.4 Å². The molecule has 0 bridgehead atoms. The summed E-state index contributed by atoms with van der Waals surface area (Å²) < 4.78 is 19.2. The van der Waals surface area contributed by atoms with Crippen LogP contribution < -0.4 is 10.1 Å². The van der Waals surface area contributed by atoms with Crippen molar-refractivity contribution in [3.63, 3.8) is 0 Å². The SMILES string of the molecule is CCOc1ccccc1-c1c[nH]c2c1C=C(c1ccnc(F)c1)CN2. The van der Waals surface area contributed by atoms with Gasteiger partial charge in [-0.25, -0.2) is 4.98 Å². The highest BCUT2D eigenvalue weighted by molar-refractivity contribution is 5.96. The van der Waals surface area contributed by atoms with Gasteiger partial charge in [-0.15, -0.1) is 0 Å². The van der Waals surface area contributed by atoms with Crippen molar-refractivity contribution in [1.29, 1.82) is 0 Å². The van der Waals surface area contributed by atoms with Crippen molar-refractivity contribution in [3.8, 4) is 16.9 Å². The van der Waals surface area contributed by atoms with Crippen molar-refractivity contribution in [2.45, 2.75) is 6.92 Å². The topological polar surface area (TPSA) is 49.9 Å². The summed E-state index contributed by atoms with van der Waals surface area (Å²) in [5, 5.41) is 3.36. The molecule has 2 N–H and O–H groups in total. The molecule has 3 aromatic rings. The molecule has 1 aliphatic rings. The highest BCUT2D eigenvalue weighted by atomic mass is 19.1. The van der Waals surface area contributed by atoms with Gasteiger partial charge in [0.15, 0.2) is 0 Å². The van der Waals surface area contributed by atoms with Gasteiger partial charge in [0.2, 0.25) is 5.95 Å². The number of hydrogen-bond acceptors (Lipinski definition) is 3. The largest absolute Gasteiger partial charge is 0.493 e. The minimum Gasteiger partial charge on any atom is -0.493 e. The Hall–Kier alpha value is -3.08. The summed E-state index contributed by atoms with van der Waals surface area (Å²) >= 11 is 0. The minimum absolute atomic E-state index is 0.472. The summed E-state index contributed by atoms with van der Waals surface area (Å²) in [6, 6.07) is 11.3. The lowest BCUT2D eigenvalue weighted by molar-refractivity contribution is 0.341. The Balaban J connectivity index is 1.80. The maximum absolute atomic E-state index is 13.5. The van der Waals surface area contributed by atoms with Gasteiger partial charge in [0, 0.05) is 41.7 Å². The average Bonchev–Trinajstić information content (AvgIpc) is 3.05. The van der Waals surface area contributed by atoms with E-state index in [0.717, 1.165) is 39.4 Å². The second-order valence-electron chi connectivity index (χ2n) is 5.81. The van der Waals surface area contributed by atoms with Crippen LogP contribution in [0.5, 0.6) is 5.75 Å². The molecule has 2 aromatic heterocycles. The van der Waals surface area contributed by atoms with Crippen molar-refractivity contribution < 1.29 is 9.13 Å². The molecule has 0 fully saturated rings. The van der Waals surface area contributed by atoms with Crippen molar-refractivity contribution >= 4 is 17.5 Å². The van der Waals surface area contributed by atoms with Gasteiger partial charge in [-0.05, 0) is 36.3 Å². The number of fused-ring (bicyclic) bond motifs is 1. The van der Waals surface area contributed by atoms with E-state index in [4.69, 9.17) is 4.74 Å². The normalized spacial score (nSPS) is 13.0. The number of H-pyrrole nitrogens is 1. The molecule has 0 amide bonds. The molecule has 1 aliphatic heterocycles. The fourth-order valence-corrected chi connectivity index (χ4v) is 3.12. The van der Waals surface area contributed by atoms with E-state index in [1.165, 1.54) is 12.3 Å². The zero-order valence-corrected chi connectivity index (χ0v) is 13.8. The van der Waals surface area contributed by atoms with Gasteiger partial charge in [-0.1, -0.05) is 18.2 Å². The van der Waals surface area contributed by atoms with Crippen LogP contribution in [0.3, 0.4) is 0 Å². The van der Waals surface area contributed by atoms with Crippen molar-refractivity contribution in [2.75, 3.05) is 18.5 Å². The zero-order chi connectivity index (χ0) is 17.2. The first kappa shape index (κ1) is 15.4.